The first-order valence-electron chi connectivity index (χ1n) is 8.57. The first kappa shape index (κ1) is 16.1. The fourth-order valence-electron chi connectivity index (χ4n) is 2.95. The van der Waals surface area contributed by atoms with Gasteiger partial charge in [-0.25, -0.2) is 4.42 Å². The lowest BCUT2D eigenvalue weighted by molar-refractivity contribution is 0.415. The summed E-state index contributed by atoms with van der Waals surface area (Å²) in [5.74, 6) is 1.69. The molecular weight excluding hydrogens is 320 g/mol. The van der Waals surface area contributed by atoms with E-state index in [2.05, 4.69) is 30.3 Å². The number of hydrogen-bond donors (Lipinski definition) is 0. The summed E-state index contributed by atoms with van der Waals surface area (Å²) in [7, 11) is 1.67. The van der Waals surface area contributed by atoms with Crippen LogP contribution in [0.2, 0.25) is 0 Å². The Balaban J connectivity index is 1.80. The second kappa shape index (κ2) is 7.24. The van der Waals surface area contributed by atoms with Gasteiger partial charge in [0.1, 0.15) is 5.75 Å². The van der Waals surface area contributed by atoms with Gasteiger partial charge in [-0.05, 0) is 41.5 Å². The van der Waals surface area contributed by atoms with Crippen LogP contribution in [0.1, 0.15) is 11.3 Å². The van der Waals surface area contributed by atoms with Crippen molar-refractivity contribution < 1.29 is 9.15 Å². The Morgan fingerprint density at radius 3 is 2.27 bits per heavy atom. The van der Waals surface area contributed by atoms with Gasteiger partial charge in [-0.15, -0.1) is 0 Å². The van der Waals surface area contributed by atoms with Gasteiger partial charge in [-0.2, -0.15) is 0 Å². The summed E-state index contributed by atoms with van der Waals surface area (Å²) in [5.41, 5.74) is 4.18. The Labute approximate surface area is 153 Å². The third-order valence-electron chi connectivity index (χ3n) is 4.33. The van der Waals surface area contributed by atoms with Crippen LogP contribution < -0.4 is 4.74 Å². The maximum Gasteiger partial charge on any atom is 0.361 e. The van der Waals surface area contributed by atoms with Gasteiger partial charge in [-0.1, -0.05) is 54.6 Å². The summed E-state index contributed by atoms with van der Waals surface area (Å²) >= 11 is 0. The van der Waals surface area contributed by atoms with Crippen LogP contribution in [-0.2, 0) is 0 Å². The topological polar surface area (TPSA) is 20.5 Å². The largest absolute Gasteiger partial charge is 0.497 e. The Hall–Kier alpha value is -3.39. The van der Waals surface area contributed by atoms with Gasteiger partial charge in [0.15, 0.2) is 0 Å². The van der Waals surface area contributed by atoms with E-state index in [0.717, 1.165) is 39.2 Å². The molecule has 4 aromatic rings. The van der Waals surface area contributed by atoms with Crippen molar-refractivity contribution >= 4 is 23.1 Å². The lowest BCUT2D eigenvalue weighted by atomic mass is 10.0. The molecule has 0 aliphatic carbocycles. The number of methoxy groups -OCH3 is 1. The van der Waals surface area contributed by atoms with Crippen molar-refractivity contribution in [3.8, 4) is 16.9 Å². The van der Waals surface area contributed by atoms with Crippen molar-refractivity contribution in [1.29, 1.82) is 0 Å². The van der Waals surface area contributed by atoms with Gasteiger partial charge in [0.05, 0.1) is 18.1 Å². The number of ether oxygens (including phenoxy) is 1. The molecule has 0 aliphatic heterocycles. The molecule has 0 aliphatic rings. The van der Waals surface area contributed by atoms with E-state index in [4.69, 9.17) is 9.15 Å². The SMILES string of the molecule is COc1ccc(/C=C/c2[o+]c3ccccc3cc2-c2ccccc2)cc1. The van der Waals surface area contributed by atoms with Gasteiger partial charge in [0.25, 0.3) is 0 Å². The highest BCUT2D eigenvalue weighted by Gasteiger charge is 2.17. The normalized spacial score (nSPS) is 11.1. The molecule has 126 valence electrons. The zero-order valence-corrected chi connectivity index (χ0v) is 14.6. The molecule has 0 saturated heterocycles. The monoisotopic (exact) mass is 339 g/mol. The predicted octanol–water partition coefficient (Wildman–Crippen LogP) is 6.56. The van der Waals surface area contributed by atoms with Crippen LogP contribution in [0, 0.1) is 0 Å². The standard InChI is InChI=1S/C24H19O2/c1-25-21-14-11-18(12-15-21)13-16-24-22(19-7-3-2-4-8-19)17-20-9-5-6-10-23(20)26-24/h2-17H,1H3/q+1/b16-13+. The van der Waals surface area contributed by atoms with E-state index in [1.54, 1.807) is 7.11 Å². The first-order valence-corrected chi connectivity index (χ1v) is 8.57. The lowest BCUT2D eigenvalue weighted by Crippen LogP contribution is -1.85. The van der Waals surface area contributed by atoms with Gasteiger partial charge in [-0.3, -0.25) is 0 Å². The summed E-state index contributed by atoms with van der Waals surface area (Å²) in [4.78, 5) is 0. The van der Waals surface area contributed by atoms with Crippen molar-refractivity contribution in [1.82, 2.24) is 0 Å². The number of para-hydroxylation sites is 1. The molecule has 0 unspecified atom stereocenters. The van der Waals surface area contributed by atoms with Gasteiger partial charge < -0.3 is 4.74 Å². The van der Waals surface area contributed by atoms with Crippen LogP contribution in [0.15, 0.2) is 89.3 Å². The molecule has 0 amide bonds. The minimum atomic E-state index is 0.839. The third-order valence-corrected chi connectivity index (χ3v) is 4.33. The zero-order valence-electron chi connectivity index (χ0n) is 14.6. The van der Waals surface area contributed by atoms with Crippen molar-refractivity contribution in [3.63, 3.8) is 0 Å². The Kier molecular flexibility index (Phi) is 4.48. The maximum atomic E-state index is 6.20. The molecular formula is C24H19O2+. The molecule has 0 fully saturated rings. The Morgan fingerprint density at radius 2 is 1.50 bits per heavy atom. The molecule has 4 rings (SSSR count). The van der Waals surface area contributed by atoms with Gasteiger partial charge in [0, 0.05) is 12.1 Å². The highest BCUT2D eigenvalue weighted by molar-refractivity contribution is 5.87. The van der Waals surface area contributed by atoms with E-state index < -0.39 is 0 Å². The highest BCUT2D eigenvalue weighted by Crippen LogP contribution is 2.30. The molecule has 0 N–H and O–H groups in total. The summed E-state index contributed by atoms with van der Waals surface area (Å²) < 4.78 is 11.4. The second-order valence-electron chi connectivity index (χ2n) is 6.03. The van der Waals surface area contributed by atoms with E-state index >= 15 is 0 Å². The van der Waals surface area contributed by atoms with E-state index in [1.807, 2.05) is 66.7 Å². The summed E-state index contributed by atoms with van der Waals surface area (Å²) in [6.45, 7) is 0. The number of rotatable bonds is 4. The zero-order chi connectivity index (χ0) is 17.8. The second-order valence-corrected chi connectivity index (χ2v) is 6.03. The molecule has 26 heavy (non-hydrogen) atoms. The molecule has 1 heterocycles. The maximum absolute atomic E-state index is 6.20. The van der Waals surface area contributed by atoms with Crippen molar-refractivity contribution in [2.24, 2.45) is 0 Å². The van der Waals surface area contributed by atoms with Crippen LogP contribution in [0.3, 0.4) is 0 Å². The first-order chi connectivity index (χ1) is 12.8. The fourth-order valence-corrected chi connectivity index (χ4v) is 2.95. The molecule has 2 heteroatoms. The number of benzene rings is 3. The van der Waals surface area contributed by atoms with E-state index in [1.165, 1.54) is 0 Å². The number of fused-ring (bicyclic) bond motifs is 1. The third kappa shape index (κ3) is 3.35. The van der Waals surface area contributed by atoms with Gasteiger partial charge >= 0.3 is 11.3 Å². The van der Waals surface area contributed by atoms with Crippen LogP contribution in [0.25, 0.3) is 34.2 Å². The summed E-state index contributed by atoms with van der Waals surface area (Å²) in [6.07, 6.45) is 4.08. The molecule has 0 saturated carbocycles. The summed E-state index contributed by atoms with van der Waals surface area (Å²) in [6, 6.07) is 28.5. The average molecular weight is 339 g/mol. The van der Waals surface area contributed by atoms with E-state index in [0.29, 0.717) is 0 Å². The number of hydrogen-bond acceptors (Lipinski definition) is 1. The quantitative estimate of drug-likeness (QED) is 0.392. The summed E-state index contributed by atoms with van der Waals surface area (Å²) in [5, 5.41) is 1.09. The minimum Gasteiger partial charge on any atom is -0.497 e. The Morgan fingerprint density at radius 1 is 0.769 bits per heavy atom. The van der Waals surface area contributed by atoms with Crippen LogP contribution in [-0.4, -0.2) is 7.11 Å². The smallest absolute Gasteiger partial charge is 0.361 e. The lowest BCUT2D eigenvalue weighted by Gasteiger charge is -2.01. The van der Waals surface area contributed by atoms with E-state index in [9.17, 15) is 0 Å². The molecule has 2 nitrogen and oxygen atoms in total. The van der Waals surface area contributed by atoms with Crippen LogP contribution in [0.4, 0.5) is 0 Å². The Bertz CT molecular complexity index is 1050. The van der Waals surface area contributed by atoms with Crippen molar-refractivity contribution in [2.45, 2.75) is 0 Å². The van der Waals surface area contributed by atoms with Gasteiger partial charge in [0.2, 0.25) is 0 Å². The van der Waals surface area contributed by atoms with Crippen molar-refractivity contribution in [2.75, 3.05) is 7.11 Å². The van der Waals surface area contributed by atoms with E-state index in [-0.39, 0.29) is 0 Å². The molecule has 0 bridgehead atoms. The van der Waals surface area contributed by atoms with Crippen LogP contribution >= 0.6 is 0 Å². The predicted molar refractivity (Wildman–Crippen MR) is 108 cm³/mol. The molecule has 3 aromatic carbocycles. The molecule has 0 atom stereocenters. The fraction of sp³-hybridized carbons (Fsp3) is 0.0417. The minimum absolute atomic E-state index is 0.839. The average Bonchev–Trinajstić information content (AvgIpc) is 2.72. The van der Waals surface area contributed by atoms with Crippen LogP contribution in [0.5, 0.6) is 5.75 Å². The van der Waals surface area contributed by atoms with Crippen molar-refractivity contribution in [3.05, 3.63) is 96.3 Å². The highest BCUT2D eigenvalue weighted by atomic mass is 16.5. The molecule has 1 aromatic heterocycles. The molecule has 0 spiro atoms. The molecule has 0 radical (unpaired) electrons.